The fourth-order valence-electron chi connectivity index (χ4n) is 1.05. The Morgan fingerprint density at radius 3 is 2.50 bits per heavy atom. The quantitative estimate of drug-likeness (QED) is 0.845. The second-order valence-corrected chi connectivity index (χ2v) is 3.52. The first-order chi connectivity index (χ1) is 6.60. The SMILES string of the molecule is COc1cc(Cl)c(C(O)CO)cc1Cl. The molecular formula is C9H10Cl2O3. The highest BCUT2D eigenvalue weighted by atomic mass is 35.5. The molecule has 0 aliphatic heterocycles. The van der Waals surface area contributed by atoms with Gasteiger partial charge in [-0.25, -0.2) is 0 Å². The fraction of sp³-hybridized carbons (Fsp3) is 0.333. The normalized spacial score (nSPS) is 12.6. The Hall–Kier alpha value is -0.480. The summed E-state index contributed by atoms with van der Waals surface area (Å²) in [4.78, 5) is 0. The summed E-state index contributed by atoms with van der Waals surface area (Å²) in [6, 6.07) is 2.97. The van der Waals surface area contributed by atoms with Crippen LogP contribution in [0, 0.1) is 0 Å². The van der Waals surface area contributed by atoms with Crippen molar-refractivity contribution in [1.29, 1.82) is 0 Å². The number of ether oxygens (including phenoxy) is 1. The smallest absolute Gasteiger partial charge is 0.138 e. The molecule has 0 heterocycles. The van der Waals surface area contributed by atoms with Crippen LogP contribution in [0.1, 0.15) is 11.7 Å². The van der Waals surface area contributed by atoms with Crippen molar-refractivity contribution in [3.05, 3.63) is 27.7 Å². The third-order valence-electron chi connectivity index (χ3n) is 1.80. The van der Waals surface area contributed by atoms with Crippen molar-refractivity contribution in [2.45, 2.75) is 6.10 Å². The summed E-state index contributed by atoms with van der Waals surface area (Å²) in [5, 5.41) is 18.8. The lowest BCUT2D eigenvalue weighted by atomic mass is 10.1. The first-order valence-corrected chi connectivity index (χ1v) is 4.67. The maximum Gasteiger partial charge on any atom is 0.138 e. The summed E-state index contributed by atoms with van der Waals surface area (Å²) in [5.74, 6) is 0.436. The van der Waals surface area contributed by atoms with Gasteiger partial charge in [0.15, 0.2) is 0 Å². The van der Waals surface area contributed by atoms with Crippen molar-refractivity contribution < 1.29 is 14.9 Å². The first kappa shape index (κ1) is 11.6. The zero-order valence-corrected chi connectivity index (χ0v) is 9.01. The molecule has 0 bridgehead atoms. The molecule has 78 valence electrons. The maximum atomic E-state index is 9.36. The summed E-state index contributed by atoms with van der Waals surface area (Å²) in [6.45, 7) is -0.400. The van der Waals surface area contributed by atoms with Gasteiger partial charge in [-0.1, -0.05) is 23.2 Å². The van der Waals surface area contributed by atoms with Crippen LogP contribution < -0.4 is 4.74 Å². The topological polar surface area (TPSA) is 49.7 Å². The largest absolute Gasteiger partial charge is 0.495 e. The zero-order valence-electron chi connectivity index (χ0n) is 7.50. The third kappa shape index (κ3) is 2.30. The molecule has 1 unspecified atom stereocenters. The molecular weight excluding hydrogens is 227 g/mol. The summed E-state index contributed by atoms with van der Waals surface area (Å²) >= 11 is 11.7. The molecule has 0 spiro atoms. The van der Waals surface area contributed by atoms with Gasteiger partial charge in [0.05, 0.1) is 23.8 Å². The third-order valence-corrected chi connectivity index (χ3v) is 2.43. The van der Waals surface area contributed by atoms with E-state index in [-0.39, 0.29) is 0 Å². The molecule has 1 atom stereocenters. The number of benzene rings is 1. The van der Waals surface area contributed by atoms with Gasteiger partial charge >= 0.3 is 0 Å². The van der Waals surface area contributed by atoms with E-state index in [1.54, 1.807) is 0 Å². The van der Waals surface area contributed by atoms with Crippen LogP contribution in [0.4, 0.5) is 0 Å². The van der Waals surface area contributed by atoms with Crippen LogP contribution in [0.15, 0.2) is 12.1 Å². The molecule has 0 aliphatic carbocycles. The number of hydrogen-bond donors (Lipinski definition) is 2. The van der Waals surface area contributed by atoms with Gasteiger partial charge in [-0.05, 0) is 6.07 Å². The minimum Gasteiger partial charge on any atom is -0.495 e. The molecule has 14 heavy (non-hydrogen) atoms. The van der Waals surface area contributed by atoms with E-state index >= 15 is 0 Å². The molecule has 0 aromatic heterocycles. The van der Waals surface area contributed by atoms with Gasteiger partial charge in [0.2, 0.25) is 0 Å². The Balaban J connectivity index is 3.14. The van der Waals surface area contributed by atoms with Crippen LogP contribution in [0.25, 0.3) is 0 Å². The van der Waals surface area contributed by atoms with Crippen molar-refractivity contribution in [3.63, 3.8) is 0 Å². The highest BCUT2D eigenvalue weighted by molar-refractivity contribution is 6.34. The number of aliphatic hydroxyl groups excluding tert-OH is 2. The number of rotatable bonds is 3. The number of hydrogen-bond acceptors (Lipinski definition) is 3. The Morgan fingerprint density at radius 2 is 2.00 bits per heavy atom. The van der Waals surface area contributed by atoms with Crippen LogP contribution in [-0.2, 0) is 0 Å². The van der Waals surface area contributed by atoms with Crippen LogP contribution in [0.5, 0.6) is 5.75 Å². The van der Waals surface area contributed by atoms with Crippen LogP contribution in [0.2, 0.25) is 10.0 Å². The Kier molecular flexibility index (Phi) is 4.01. The monoisotopic (exact) mass is 236 g/mol. The predicted molar refractivity (Wildman–Crippen MR) is 55.1 cm³/mol. The summed E-state index contributed by atoms with van der Waals surface area (Å²) in [7, 11) is 1.47. The molecule has 1 aromatic carbocycles. The van der Waals surface area contributed by atoms with Crippen molar-refractivity contribution in [2.75, 3.05) is 13.7 Å². The zero-order chi connectivity index (χ0) is 10.7. The molecule has 0 amide bonds. The minimum atomic E-state index is -1.02. The Morgan fingerprint density at radius 1 is 1.36 bits per heavy atom. The molecule has 1 rings (SSSR count). The van der Waals surface area contributed by atoms with E-state index in [1.807, 2.05) is 0 Å². The van der Waals surface area contributed by atoms with Crippen LogP contribution in [0.3, 0.4) is 0 Å². The Bertz CT molecular complexity index is 328. The van der Waals surface area contributed by atoms with Gasteiger partial charge in [0, 0.05) is 11.6 Å². The van der Waals surface area contributed by atoms with Crippen LogP contribution in [-0.4, -0.2) is 23.9 Å². The highest BCUT2D eigenvalue weighted by Gasteiger charge is 2.13. The number of methoxy groups -OCH3 is 1. The molecule has 0 fully saturated rings. The van der Waals surface area contributed by atoms with Crippen molar-refractivity contribution in [2.24, 2.45) is 0 Å². The lowest BCUT2D eigenvalue weighted by Gasteiger charge is -2.12. The summed E-state index contributed by atoms with van der Waals surface area (Å²) in [6.07, 6.45) is -1.02. The fourth-order valence-corrected chi connectivity index (χ4v) is 1.58. The second kappa shape index (κ2) is 4.84. The van der Waals surface area contributed by atoms with E-state index in [4.69, 9.17) is 33.0 Å². The second-order valence-electron chi connectivity index (χ2n) is 2.71. The summed E-state index contributed by atoms with van der Waals surface area (Å²) < 4.78 is 4.93. The van der Waals surface area contributed by atoms with E-state index in [9.17, 15) is 5.11 Å². The van der Waals surface area contributed by atoms with Gasteiger partial charge in [-0.2, -0.15) is 0 Å². The van der Waals surface area contributed by atoms with Gasteiger partial charge in [0.1, 0.15) is 11.9 Å². The first-order valence-electron chi connectivity index (χ1n) is 3.92. The van der Waals surface area contributed by atoms with Gasteiger partial charge < -0.3 is 14.9 Å². The molecule has 0 aliphatic rings. The molecule has 2 N–H and O–H groups in total. The van der Waals surface area contributed by atoms with E-state index in [2.05, 4.69) is 0 Å². The predicted octanol–water partition coefficient (Wildman–Crippen LogP) is 2.03. The lowest BCUT2D eigenvalue weighted by molar-refractivity contribution is 0.0956. The van der Waals surface area contributed by atoms with Gasteiger partial charge in [-0.15, -0.1) is 0 Å². The van der Waals surface area contributed by atoms with Crippen molar-refractivity contribution in [3.8, 4) is 5.75 Å². The molecule has 3 nitrogen and oxygen atoms in total. The molecule has 0 saturated heterocycles. The van der Waals surface area contributed by atoms with E-state index in [1.165, 1.54) is 19.2 Å². The number of aliphatic hydroxyl groups is 2. The average molecular weight is 237 g/mol. The maximum absolute atomic E-state index is 9.36. The summed E-state index contributed by atoms with van der Waals surface area (Å²) in [5.41, 5.74) is 0.389. The number of halogens is 2. The van der Waals surface area contributed by atoms with Crippen molar-refractivity contribution >= 4 is 23.2 Å². The highest BCUT2D eigenvalue weighted by Crippen LogP contribution is 2.33. The standard InChI is InChI=1S/C9H10Cl2O3/c1-14-9-3-6(10)5(2-7(9)11)8(13)4-12/h2-3,8,12-13H,4H2,1H3. The van der Waals surface area contributed by atoms with E-state index < -0.39 is 12.7 Å². The lowest BCUT2D eigenvalue weighted by Crippen LogP contribution is -2.03. The molecule has 0 saturated carbocycles. The minimum absolute atomic E-state index is 0.313. The molecule has 0 radical (unpaired) electrons. The van der Waals surface area contributed by atoms with E-state index in [0.717, 1.165) is 0 Å². The van der Waals surface area contributed by atoms with Crippen molar-refractivity contribution in [1.82, 2.24) is 0 Å². The molecule has 1 aromatic rings. The molecule has 5 heteroatoms. The van der Waals surface area contributed by atoms with Gasteiger partial charge in [0.25, 0.3) is 0 Å². The Labute approximate surface area is 91.8 Å². The van der Waals surface area contributed by atoms with E-state index in [0.29, 0.717) is 21.4 Å². The average Bonchev–Trinajstić information content (AvgIpc) is 2.19. The van der Waals surface area contributed by atoms with Gasteiger partial charge in [-0.3, -0.25) is 0 Å². The van der Waals surface area contributed by atoms with Crippen LogP contribution >= 0.6 is 23.2 Å².